The van der Waals surface area contributed by atoms with Crippen molar-refractivity contribution in [3.8, 4) is 5.75 Å². The second kappa shape index (κ2) is 9.92. The summed E-state index contributed by atoms with van der Waals surface area (Å²) in [5.41, 5.74) is 0.535. The van der Waals surface area contributed by atoms with E-state index in [0.29, 0.717) is 31.2 Å². The molecule has 2 aromatic carbocycles. The number of ether oxygens (including phenoxy) is 2. The fraction of sp³-hybridized carbons (Fsp3) is 0.333. The predicted molar refractivity (Wildman–Crippen MR) is 111 cm³/mol. The van der Waals surface area contributed by atoms with Crippen molar-refractivity contribution in [2.45, 2.75) is 23.1 Å². The van der Waals surface area contributed by atoms with E-state index in [-0.39, 0.29) is 15.5 Å². The van der Waals surface area contributed by atoms with Crippen molar-refractivity contribution < 1.29 is 26.3 Å². The van der Waals surface area contributed by atoms with E-state index in [0.717, 1.165) is 6.42 Å². The number of sulfonamides is 2. The minimum absolute atomic E-state index is 0.000887. The highest BCUT2D eigenvalue weighted by Gasteiger charge is 2.19. The van der Waals surface area contributed by atoms with Gasteiger partial charge in [0.25, 0.3) is 10.0 Å². The Bertz CT molecular complexity index is 1020. The number of hydrogen-bond donors (Lipinski definition) is 3. The van der Waals surface area contributed by atoms with Crippen LogP contribution in [0.2, 0.25) is 0 Å². The summed E-state index contributed by atoms with van der Waals surface area (Å²) in [6, 6.07) is 9.83. The van der Waals surface area contributed by atoms with Crippen LogP contribution in [0.3, 0.4) is 0 Å². The summed E-state index contributed by atoms with van der Waals surface area (Å²) in [6.07, 6.45) is 0.799. The lowest BCUT2D eigenvalue weighted by molar-refractivity contribution is 0.146. The maximum absolute atomic E-state index is 12.8. The van der Waals surface area contributed by atoms with Gasteiger partial charge in [0.05, 0.1) is 27.8 Å². The average molecular weight is 444 g/mol. The topological polar surface area (TPSA) is 137 Å². The van der Waals surface area contributed by atoms with E-state index >= 15 is 0 Å². The summed E-state index contributed by atoms with van der Waals surface area (Å²) in [4.78, 5) is -0.196. The minimum Gasteiger partial charge on any atom is -0.491 e. The van der Waals surface area contributed by atoms with E-state index in [4.69, 9.17) is 14.6 Å². The third-order valence-electron chi connectivity index (χ3n) is 3.82. The Morgan fingerprint density at radius 1 is 0.931 bits per heavy atom. The maximum atomic E-state index is 12.8. The average Bonchev–Trinajstić information content (AvgIpc) is 2.66. The van der Waals surface area contributed by atoms with Crippen LogP contribution in [0.5, 0.6) is 5.75 Å². The third-order valence-corrected chi connectivity index (χ3v) is 6.11. The molecule has 2 rings (SSSR count). The lowest BCUT2D eigenvalue weighted by Gasteiger charge is -2.15. The van der Waals surface area contributed by atoms with Gasteiger partial charge < -0.3 is 14.8 Å². The molecule has 9 nitrogen and oxygen atoms in total. The van der Waals surface area contributed by atoms with Crippen molar-refractivity contribution in [3.05, 3.63) is 42.5 Å². The van der Waals surface area contributed by atoms with E-state index in [1.807, 2.05) is 6.92 Å². The summed E-state index contributed by atoms with van der Waals surface area (Å²) in [7, 11) is -6.41. The van der Waals surface area contributed by atoms with Gasteiger partial charge in [0.15, 0.2) is 0 Å². The molecule has 29 heavy (non-hydrogen) atoms. The first-order chi connectivity index (χ1) is 13.7. The van der Waals surface area contributed by atoms with Gasteiger partial charge in [-0.2, -0.15) is 0 Å². The molecule has 2 aromatic rings. The first-order valence-electron chi connectivity index (χ1n) is 8.82. The summed E-state index contributed by atoms with van der Waals surface area (Å²) in [5, 5.41) is 8.23. The van der Waals surface area contributed by atoms with Crippen LogP contribution in [0.25, 0.3) is 0 Å². The van der Waals surface area contributed by atoms with E-state index < -0.39 is 20.0 Å². The number of nitrogens with one attached hydrogen (secondary N) is 2. The van der Waals surface area contributed by atoms with Gasteiger partial charge in [0.2, 0.25) is 10.0 Å². The van der Waals surface area contributed by atoms with Gasteiger partial charge >= 0.3 is 0 Å². The van der Waals surface area contributed by atoms with Crippen molar-refractivity contribution in [1.29, 1.82) is 0 Å². The van der Waals surface area contributed by atoms with Gasteiger partial charge in [-0.3, -0.25) is 4.72 Å². The van der Waals surface area contributed by atoms with Crippen LogP contribution < -0.4 is 19.9 Å². The van der Waals surface area contributed by atoms with Crippen molar-refractivity contribution in [2.75, 3.05) is 36.9 Å². The van der Waals surface area contributed by atoms with Crippen LogP contribution in [0.4, 0.5) is 11.4 Å². The molecule has 0 aromatic heterocycles. The summed E-state index contributed by atoms with van der Waals surface area (Å²) in [5.74, 6) is 0.502. The molecule has 0 heterocycles. The summed E-state index contributed by atoms with van der Waals surface area (Å²) in [6.45, 7) is 3.28. The molecule has 160 valence electrons. The number of benzene rings is 2. The maximum Gasteiger partial charge on any atom is 0.261 e. The Hall–Kier alpha value is -2.34. The first-order valence-corrected chi connectivity index (χ1v) is 11.9. The highest BCUT2D eigenvalue weighted by atomic mass is 32.2. The van der Waals surface area contributed by atoms with Gasteiger partial charge in [-0.05, 0) is 48.9 Å². The molecule has 0 radical (unpaired) electrons. The molecule has 11 heteroatoms. The lowest BCUT2D eigenvalue weighted by atomic mass is 10.2. The zero-order valence-corrected chi connectivity index (χ0v) is 17.8. The monoisotopic (exact) mass is 443 g/mol. The zero-order valence-electron chi connectivity index (χ0n) is 16.2. The minimum atomic E-state index is -3.99. The van der Waals surface area contributed by atoms with Crippen LogP contribution >= 0.6 is 0 Å². The second-order valence-electron chi connectivity index (χ2n) is 6.10. The van der Waals surface area contributed by atoms with Crippen molar-refractivity contribution in [1.82, 2.24) is 0 Å². The van der Waals surface area contributed by atoms with Crippen molar-refractivity contribution in [2.24, 2.45) is 5.14 Å². The van der Waals surface area contributed by atoms with Crippen LogP contribution in [-0.2, 0) is 24.8 Å². The number of hydrogen-bond acceptors (Lipinski definition) is 7. The molecule has 0 aliphatic heterocycles. The van der Waals surface area contributed by atoms with Crippen LogP contribution in [-0.4, -0.2) is 43.7 Å². The fourth-order valence-corrected chi connectivity index (χ4v) is 3.97. The summed E-state index contributed by atoms with van der Waals surface area (Å²) >= 11 is 0. The van der Waals surface area contributed by atoms with Gasteiger partial charge in [-0.1, -0.05) is 6.92 Å². The van der Waals surface area contributed by atoms with Crippen molar-refractivity contribution >= 4 is 31.4 Å². The Labute approximate surface area is 171 Å². The smallest absolute Gasteiger partial charge is 0.261 e. The molecule has 0 bridgehead atoms. The molecule has 0 aliphatic carbocycles. The molecule has 4 N–H and O–H groups in total. The lowest BCUT2D eigenvalue weighted by Crippen LogP contribution is -2.17. The second-order valence-corrected chi connectivity index (χ2v) is 9.34. The Balaban J connectivity index is 2.30. The molecule has 0 fully saturated rings. The number of rotatable bonds is 11. The van der Waals surface area contributed by atoms with E-state index in [9.17, 15) is 16.8 Å². The number of nitrogens with two attached hydrogens (primary N) is 1. The Morgan fingerprint density at radius 2 is 1.59 bits per heavy atom. The largest absolute Gasteiger partial charge is 0.491 e. The Kier molecular flexibility index (Phi) is 7.85. The van der Waals surface area contributed by atoms with Crippen LogP contribution in [0.15, 0.2) is 52.3 Å². The molecule has 0 spiro atoms. The van der Waals surface area contributed by atoms with Gasteiger partial charge in [0, 0.05) is 13.7 Å². The van der Waals surface area contributed by atoms with Gasteiger partial charge in [-0.15, -0.1) is 0 Å². The number of primary sulfonamides is 1. The standard InChI is InChI=1S/C18H25N3O6S2/c1-3-10-20-17-9-8-16(28(19,22)23)13-18(17)21-29(24,25)15-6-4-14(5-7-15)27-12-11-26-2/h4-9,13,20-21H,3,10-12H2,1-2H3,(H2,19,22,23). The predicted octanol–water partition coefficient (Wildman–Crippen LogP) is 1.98. The quantitative estimate of drug-likeness (QED) is 0.452. The molecular weight excluding hydrogens is 418 g/mol. The zero-order chi connectivity index (χ0) is 21.5. The highest BCUT2D eigenvalue weighted by Crippen LogP contribution is 2.28. The summed E-state index contributed by atoms with van der Waals surface area (Å²) < 4.78 is 61.6. The molecule has 0 aliphatic rings. The number of anilines is 2. The van der Waals surface area contributed by atoms with Gasteiger partial charge in [0.1, 0.15) is 12.4 Å². The van der Waals surface area contributed by atoms with Gasteiger partial charge in [-0.25, -0.2) is 22.0 Å². The molecule has 0 amide bonds. The number of methoxy groups -OCH3 is 1. The molecular formula is C18H25N3O6S2. The normalized spacial score (nSPS) is 11.8. The molecule has 0 unspecified atom stereocenters. The molecule has 0 atom stereocenters. The van der Waals surface area contributed by atoms with Crippen LogP contribution in [0, 0.1) is 0 Å². The molecule has 0 saturated carbocycles. The first kappa shape index (κ1) is 22.9. The molecule has 0 saturated heterocycles. The van der Waals surface area contributed by atoms with Crippen molar-refractivity contribution in [3.63, 3.8) is 0 Å². The third kappa shape index (κ3) is 6.60. The fourth-order valence-electron chi connectivity index (χ4n) is 2.36. The van der Waals surface area contributed by atoms with E-state index in [1.165, 1.54) is 42.5 Å². The Morgan fingerprint density at radius 3 is 2.17 bits per heavy atom. The SMILES string of the molecule is CCCNc1ccc(S(N)(=O)=O)cc1NS(=O)(=O)c1ccc(OCCOC)cc1. The van der Waals surface area contributed by atoms with E-state index in [2.05, 4.69) is 10.0 Å². The van der Waals surface area contributed by atoms with E-state index in [1.54, 1.807) is 7.11 Å². The van der Waals surface area contributed by atoms with Crippen LogP contribution in [0.1, 0.15) is 13.3 Å². The highest BCUT2D eigenvalue weighted by molar-refractivity contribution is 7.92.